The number of amides is 2. The van der Waals surface area contributed by atoms with Crippen LogP contribution in [0, 0.1) is 11.7 Å². The molecule has 0 bridgehead atoms. The van der Waals surface area contributed by atoms with Gasteiger partial charge in [-0.05, 0) is 108 Å². The topological polar surface area (TPSA) is 126 Å². The van der Waals surface area contributed by atoms with Crippen LogP contribution in [0.2, 0.25) is 5.02 Å². The summed E-state index contributed by atoms with van der Waals surface area (Å²) in [4.78, 5) is 27.5. The van der Waals surface area contributed by atoms with E-state index < -0.39 is 51.0 Å². The minimum Gasteiger partial charge on any atom is -0.453 e. The van der Waals surface area contributed by atoms with Crippen molar-refractivity contribution in [1.29, 1.82) is 0 Å². The lowest BCUT2D eigenvalue weighted by atomic mass is 9.69. The highest BCUT2D eigenvalue weighted by Crippen LogP contribution is 2.46. The van der Waals surface area contributed by atoms with Gasteiger partial charge in [-0.2, -0.15) is 4.31 Å². The van der Waals surface area contributed by atoms with Crippen LogP contribution in [0.5, 0.6) is 0 Å². The van der Waals surface area contributed by atoms with Crippen LogP contribution in [0.3, 0.4) is 0 Å². The Balaban J connectivity index is 1.40. The van der Waals surface area contributed by atoms with E-state index in [1.807, 2.05) is 39.8 Å². The van der Waals surface area contributed by atoms with Crippen molar-refractivity contribution in [2.24, 2.45) is 5.92 Å². The van der Waals surface area contributed by atoms with E-state index in [1.165, 1.54) is 23.5 Å². The number of ether oxygens (including phenoxy) is 2. The van der Waals surface area contributed by atoms with Crippen LogP contribution in [0.15, 0.2) is 77.7 Å². The molecule has 13 heteroatoms. The van der Waals surface area contributed by atoms with Crippen molar-refractivity contribution in [1.82, 2.24) is 14.9 Å². The summed E-state index contributed by atoms with van der Waals surface area (Å²) in [6.07, 6.45) is 1.61. The molecule has 3 aromatic rings. The summed E-state index contributed by atoms with van der Waals surface area (Å²) < 4.78 is 55.5. The van der Waals surface area contributed by atoms with E-state index in [2.05, 4.69) is 16.0 Å². The van der Waals surface area contributed by atoms with Crippen molar-refractivity contribution in [2.45, 2.75) is 93.9 Å². The minimum atomic E-state index is -3.72. The highest BCUT2D eigenvalue weighted by Gasteiger charge is 2.46. The number of alkyl carbamates (subject to hydrolysis) is 1. The Morgan fingerprint density at radius 2 is 1.69 bits per heavy atom. The molecule has 2 fully saturated rings. The quantitative estimate of drug-likeness (QED) is 0.184. The number of halogens is 2. The maximum Gasteiger partial charge on any atom is 0.407 e. The summed E-state index contributed by atoms with van der Waals surface area (Å²) in [5, 5.41) is 9.55. The van der Waals surface area contributed by atoms with Gasteiger partial charge >= 0.3 is 6.09 Å². The molecular weight excluding hydrogens is 707 g/mol. The molecule has 52 heavy (non-hydrogen) atoms. The number of methoxy groups -OCH3 is 1. The van der Waals surface area contributed by atoms with Crippen molar-refractivity contribution in [3.8, 4) is 0 Å². The van der Waals surface area contributed by atoms with E-state index in [4.69, 9.17) is 21.1 Å². The van der Waals surface area contributed by atoms with E-state index in [0.717, 1.165) is 5.56 Å². The molecule has 2 heterocycles. The van der Waals surface area contributed by atoms with Crippen LogP contribution < -0.4 is 16.0 Å². The molecule has 0 saturated carbocycles. The molecule has 0 spiro atoms. The normalized spacial score (nSPS) is 20.4. The minimum absolute atomic E-state index is 0.112. The summed E-state index contributed by atoms with van der Waals surface area (Å²) in [5.74, 6) is -1.66. The molecule has 2 saturated heterocycles. The molecule has 282 valence electrons. The average molecular weight is 757 g/mol. The number of nitrogens with one attached hydrogen (secondary N) is 3. The molecule has 0 radical (unpaired) electrons. The van der Waals surface area contributed by atoms with Gasteiger partial charge in [-0.25, -0.2) is 17.6 Å². The molecule has 3 atom stereocenters. The number of benzene rings is 3. The van der Waals surface area contributed by atoms with Gasteiger partial charge in [-0.1, -0.05) is 48.0 Å². The van der Waals surface area contributed by atoms with Gasteiger partial charge in [0.05, 0.1) is 23.2 Å². The summed E-state index contributed by atoms with van der Waals surface area (Å²) in [7, 11) is -2.48. The number of carbonyl (C=O) groups is 2. The van der Waals surface area contributed by atoms with E-state index in [0.29, 0.717) is 55.9 Å². The molecule has 3 N–H and O–H groups in total. The number of sulfonamides is 1. The largest absolute Gasteiger partial charge is 0.453 e. The molecule has 0 aliphatic carbocycles. The molecule has 2 amide bonds. The Bertz CT molecular complexity index is 1790. The number of nitrogens with zero attached hydrogens (tertiary/aromatic N) is 1. The Hall–Kier alpha value is -3.55. The lowest BCUT2D eigenvalue weighted by Crippen LogP contribution is -2.53. The predicted molar refractivity (Wildman–Crippen MR) is 200 cm³/mol. The fourth-order valence-corrected chi connectivity index (χ4v) is 9.84. The monoisotopic (exact) mass is 756 g/mol. The number of carbonyl (C=O) groups excluding carboxylic acids is 2. The van der Waals surface area contributed by atoms with Crippen molar-refractivity contribution in [3.63, 3.8) is 0 Å². The first-order valence-corrected chi connectivity index (χ1v) is 19.6. The fraction of sp³-hybridized carbons (Fsp3) is 0.487. The highest BCUT2D eigenvalue weighted by atomic mass is 35.5. The third-order valence-electron chi connectivity index (χ3n) is 9.91. The SMILES string of the molecule is COC(=O)N[C@H](C(=O)Nc1cccc(F)c1CCCC1CNCCN1S(=O)(=O)c1ccccc1)C(c1ccc(Cl)cc1)C1CC(C)(C)OC(C)(C)C1. The smallest absolute Gasteiger partial charge is 0.407 e. The van der Waals surface area contributed by atoms with Gasteiger partial charge < -0.3 is 25.4 Å². The fourth-order valence-electron chi connectivity index (χ4n) is 8.03. The van der Waals surface area contributed by atoms with Crippen molar-refractivity contribution >= 4 is 39.3 Å². The first-order chi connectivity index (χ1) is 24.6. The maximum atomic E-state index is 15.6. The summed E-state index contributed by atoms with van der Waals surface area (Å²) in [6.45, 7) is 9.39. The Labute approximate surface area is 311 Å². The molecule has 5 rings (SSSR count). The number of piperazine rings is 1. The van der Waals surface area contributed by atoms with E-state index >= 15 is 4.39 Å². The molecule has 2 aliphatic rings. The zero-order valence-corrected chi connectivity index (χ0v) is 32.0. The van der Waals surface area contributed by atoms with Crippen molar-refractivity contribution in [2.75, 3.05) is 32.1 Å². The number of anilines is 1. The predicted octanol–water partition coefficient (Wildman–Crippen LogP) is 6.90. The molecule has 2 unspecified atom stereocenters. The zero-order valence-electron chi connectivity index (χ0n) is 30.5. The van der Waals surface area contributed by atoms with Crippen LogP contribution in [0.4, 0.5) is 14.9 Å². The van der Waals surface area contributed by atoms with Crippen molar-refractivity contribution < 1.29 is 31.9 Å². The zero-order chi connectivity index (χ0) is 37.7. The highest BCUT2D eigenvalue weighted by molar-refractivity contribution is 7.89. The number of hydrogen-bond donors (Lipinski definition) is 3. The molecular formula is C39H50ClFN4O6S. The van der Waals surface area contributed by atoms with Crippen LogP contribution in [0.25, 0.3) is 0 Å². The van der Waals surface area contributed by atoms with Gasteiger partial charge in [0.2, 0.25) is 15.9 Å². The van der Waals surface area contributed by atoms with Crippen LogP contribution in [0.1, 0.15) is 70.4 Å². The average Bonchev–Trinajstić information content (AvgIpc) is 3.09. The molecule has 2 aliphatic heterocycles. The number of rotatable bonds is 12. The lowest BCUT2D eigenvalue weighted by Gasteiger charge is -2.48. The Kier molecular flexibility index (Phi) is 12.7. The maximum absolute atomic E-state index is 15.6. The number of hydrogen-bond acceptors (Lipinski definition) is 7. The van der Waals surface area contributed by atoms with Gasteiger partial charge in [0.1, 0.15) is 11.9 Å². The van der Waals surface area contributed by atoms with Crippen LogP contribution >= 0.6 is 11.6 Å². The second-order valence-electron chi connectivity index (χ2n) is 14.9. The summed E-state index contributed by atoms with van der Waals surface area (Å²) >= 11 is 6.27. The van der Waals surface area contributed by atoms with E-state index in [-0.39, 0.29) is 29.0 Å². The molecule has 10 nitrogen and oxygen atoms in total. The third-order valence-corrected chi connectivity index (χ3v) is 12.1. The van der Waals surface area contributed by atoms with Gasteiger partial charge in [-0.15, -0.1) is 0 Å². The van der Waals surface area contributed by atoms with Gasteiger partial charge in [0.15, 0.2) is 0 Å². The summed E-state index contributed by atoms with van der Waals surface area (Å²) in [5.41, 5.74) is 0.353. The second-order valence-corrected chi connectivity index (χ2v) is 17.2. The van der Waals surface area contributed by atoms with Crippen LogP contribution in [-0.4, -0.2) is 74.8 Å². The lowest BCUT2D eigenvalue weighted by molar-refractivity contribution is -0.176. The summed E-state index contributed by atoms with van der Waals surface area (Å²) in [6, 6.07) is 18.6. The van der Waals surface area contributed by atoms with Crippen LogP contribution in [-0.2, 0) is 30.7 Å². The third kappa shape index (κ3) is 9.70. The first kappa shape index (κ1) is 39.7. The standard InChI is InChI=1S/C39H50ClFN4O6S/c1-38(2)23-27(24-39(3,4)51-38)34(26-17-19-28(40)20-18-26)35(44-37(47)50-5)36(46)43-33-16-10-15-32(41)31(33)14-9-11-29-25-42-21-22-45(29)52(48,49)30-12-7-6-8-13-30/h6-8,10,12-13,15-20,27,29,34-35,42H,9,11,14,21-25H2,1-5H3,(H,43,46)(H,44,47)/t29?,34?,35-/m0/s1. The Morgan fingerprint density at radius 1 is 1.02 bits per heavy atom. The second kappa shape index (κ2) is 16.6. The van der Waals surface area contributed by atoms with Gasteiger partial charge in [0, 0.05) is 47.9 Å². The van der Waals surface area contributed by atoms with Gasteiger partial charge in [0.25, 0.3) is 0 Å². The van der Waals surface area contributed by atoms with Gasteiger partial charge in [-0.3, -0.25) is 4.79 Å². The first-order valence-electron chi connectivity index (χ1n) is 17.8. The van der Waals surface area contributed by atoms with Crippen molar-refractivity contribution in [3.05, 3.63) is 94.8 Å². The van der Waals surface area contributed by atoms with E-state index in [9.17, 15) is 18.0 Å². The molecule has 0 aromatic heterocycles. The van der Waals surface area contributed by atoms with E-state index in [1.54, 1.807) is 48.5 Å². The Morgan fingerprint density at radius 3 is 2.35 bits per heavy atom. The molecule has 3 aromatic carbocycles.